The fourth-order valence-corrected chi connectivity index (χ4v) is 3.02. The molecule has 1 aliphatic heterocycles. The lowest BCUT2D eigenvalue weighted by atomic mass is 9.93. The van der Waals surface area contributed by atoms with E-state index in [1.54, 1.807) is 14.2 Å². The number of fused-ring (bicyclic) bond motifs is 1. The standard InChI is InChI=1S/C20H23NO2/c1-14-4-6-15(7-5-14)8-9-18-17-13-20(23-3)19(22-2)12-16(17)10-11-21-18/h4-7,12-13H,8-11H2,1-3H3. The summed E-state index contributed by atoms with van der Waals surface area (Å²) in [6.45, 7) is 2.97. The van der Waals surface area contributed by atoms with Crippen LogP contribution in [0.5, 0.6) is 11.5 Å². The Labute approximate surface area is 138 Å². The Kier molecular flexibility index (Phi) is 4.65. The molecule has 120 valence electrons. The van der Waals surface area contributed by atoms with E-state index >= 15 is 0 Å². The molecule has 3 nitrogen and oxygen atoms in total. The highest BCUT2D eigenvalue weighted by Crippen LogP contribution is 2.33. The number of hydrogen-bond acceptors (Lipinski definition) is 3. The molecule has 3 heteroatoms. The van der Waals surface area contributed by atoms with E-state index in [0.717, 1.165) is 37.3 Å². The zero-order valence-corrected chi connectivity index (χ0v) is 14.1. The summed E-state index contributed by atoms with van der Waals surface area (Å²) in [6.07, 6.45) is 2.92. The van der Waals surface area contributed by atoms with Crippen molar-refractivity contribution in [2.75, 3.05) is 20.8 Å². The molecule has 0 saturated carbocycles. The van der Waals surface area contributed by atoms with E-state index in [0.29, 0.717) is 0 Å². The van der Waals surface area contributed by atoms with Crippen LogP contribution in [0.15, 0.2) is 41.4 Å². The first-order valence-electron chi connectivity index (χ1n) is 8.05. The molecule has 2 aromatic carbocycles. The minimum atomic E-state index is 0.774. The maximum atomic E-state index is 5.45. The summed E-state index contributed by atoms with van der Waals surface area (Å²) in [5.74, 6) is 1.57. The van der Waals surface area contributed by atoms with E-state index in [1.807, 2.05) is 0 Å². The highest BCUT2D eigenvalue weighted by Gasteiger charge is 2.18. The second-order valence-corrected chi connectivity index (χ2v) is 5.93. The number of hydrogen-bond donors (Lipinski definition) is 0. The van der Waals surface area contributed by atoms with Gasteiger partial charge in [0.05, 0.1) is 14.2 Å². The molecule has 0 radical (unpaired) electrons. The van der Waals surface area contributed by atoms with Crippen molar-refractivity contribution in [2.24, 2.45) is 4.99 Å². The van der Waals surface area contributed by atoms with E-state index in [4.69, 9.17) is 14.5 Å². The van der Waals surface area contributed by atoms with Gasteiger partial charge in [-0.1, -0.05) is 29.8 Å². The fourth-order valence-electron chi connectivity index (χ4n) is 3.02. The summed E-state index contributed by atoms with van der Waals surface area (Å²) in [4.78, 5) is 4.75. The summed E-state index contributed by atoms with van der Waals surface area (Å²) in [5.41, 5.74) is 6.34. The quantitative estimate of drug-likeness (QED) is 0.836. The van der Waals surface area contributed by atoms with Gasteiger partial charge in [0, 0.05) is 17.8 Å². The zero-order valence-electron chi connectivity index (χ0n) is 14.1. The van der Waals surface area contributed by atoms with E-state index in [2.05, 4.69) is 43.3 Å². The fraction of sp³-hybridized carbons (Fsp3) is 0.350. The van der Waals surface area contributed by atoms with Gasteiger partial charge in [-0.3, -0.25) is 4.99 Å². The van der Waals surface area contributed by atoms with E-state index in [9.17, 15) is 0 Å². The van der Waals surface area contributed by atoms with Crippen LogP contribution in [0.1, 0.15) is 28.7 Å². The van der Waals surface area contributed by atoms with Gasteiger partial charge in [0.1, 0.15) is 0 Å². The van der Waals surface area contributed by atoms with Crippen LogP contribution >= 0.6 is 0 Å². The number of nitrogens with zero attached hydrogens (tertiary/aromatic N) is 1. The van der Waals surface area contributed by atoms with Crippen molar-refractivity contribution in [3.63, 3.8) is 0 Å². The summed E-state index contributed by atoms with van der Waals surface area (Å²) in [7, 11) is 3.36. The highest BCUT2D eigenvalue weighted by atomic mass is 16.5. The van der Waals surface area contributed by atoms with Crippen molar-refractivity contribution >= 4 is 5.71 Å². The maximum absolute atomic E-state index is 5.45. The molecule has 23 heavy (non-hydrogen) atoms. The van der Waals surface area contributed by atoms with Gasteiger partial charge in [-0.2, -0.15) is 0 Å². The average molecular weight is 309 g/mol. The van der Waals surface area contributed by atoms with Crippen LogP contribution in [0.25, 0.3) is 0 Å². The molecular weight excluding hydrogens is 286 g/mol. The first-order chi connectivity index (χ1) is 11.2. The largest absolute Gasteiger partial charge is 0.493 e. The van der Waals surface area contributed by atoms with Crippen LogP contribution in [-0.4, -0.2) is 26.5 Å². The van der Waals surface area contributed by atoms with Crippen LogP contribution < -0.4 is 9.47 Å². The lowest BCUT2D eigenvalue weighted by molar-refractivity contribution is 0.354. The molecule has 1 aliphatic rings. The summed E-state index contributed by atoms with van der Waals surface area (Å²) < 4.78 is 10.9. The molecule has 0 unspecified atom stereocenters. The molecule has 0 spiro atoms. The van der Waals surface area contributed by atoms with Gasteiger partial charge in [-0.25, -0.2) is 0 Å². The third kappa shape index (κ3) is 3.39. The zero-order chi connectivity index (χ0) is 16.2. The lowest BCUT2D eigenvalue weighted by Crippen LogP contribution is -2.14. The third-order valence-electron chi connectivity index (χ3n) is 4.38. The predicted octanol–water partition coefficient (Wildman–Crippen LogP) is 3.99. The van der Waals surface area contributed by atoms with Gasteiger partial charge in [0.2, 0.25) is 0 Å². The molecule has 0 saturated heterocycles. The Morgan fingerprint density at radius 1 is 0.957 bits per heavy atom. The monoisotopic (exact) mass is 309 g/mol. The smallest absolute Gasteiger partial charge is 0.161 e. The van der Waals surface area contributed by atoms with Gasteiger partial charge >= 0.3 is 0 Å². The van der Waals surface area contributed by atoms with E-state index in [-0.39, 0.29) is 0 Å². The molecule has 0 atom stereocenters. The minimum absolute atomic E-state index is 0.774. The second-order valence-electron chi connectivity index (χ2n) is 5.93. The number of methoxy groups -OCH3 is 2. The summed E-state index contributed by atoms with van der Waals surface area (Å²) in [5, 5.41) is 0. The Morgan fingerprint density at radius 3 is 2.35 bits per heavy atom. The van der Waals surface area contributed by atoms with Gasteiger partial charge < -0.3 is 9.47 Å². The van der Waals surface area contributed by atoms with Crippen molar-refractivity contribution in [1.29, 1.82) is 0 Å². The summed E-state index contributed by atoms with van der Waals surface area (Å²) >= 11 is 0. The second kappa shape index (κ2) is 6.86. The molecule has 0 fully saturated rings. The Morgan fingerprint density at radius 2 is 1.65 bits per heavy atom. The minimum Gasteiger partial charge on any atom is -0.493 e. The van der Waals surface area contributed by atoms with E-state index in [1.165, 1.54) is 28.0 Å². The number of ether oxygens (including phenoxy) is 2. The third-order valence-corrected chi connectivity index (χ3v) is 4.38. The topological polar surface area (TPSA) is 30.8 Å². The number of aliphatic imine (C=N–C) groups is 1. The van der Waals surface area contributed by atoms with Gasteiger partial charge in [0.25, 0.3) is 0 Å². The molecule has 0 bridgehead atoms. The van der Waals surface area contributed by atoms with Crippen molar-refractivity contribution < 1.29 is 9.47 Å². The van der Waals surface area contributed by atoms with Crippen molar-refractivity contribution in [2.45, 2.75) is 26.2 Å². The predicted molar refractivity (Wildman–Crippen MR) is 94.2 cm³/mol. The molecular formula is C20H23NO2. The SMILES string of the molecule is COc1cc2c(cc1OC)C(CCc1ccc(C)cc1)=NCC2. The normalized spacial score (nSPS) is 13.3. The molecule has 2 aromatic rings. The molecule has 0 amide bonds. The van der Waals surface area contributed by atoms with Gasteiger partial charge in [-0.05, 0) is 49.4 Å². The van der Waals surface area contributed by atoms with Crippen LogP contribution in [0, 0.1) is 6.92 Å². The summed E-state index contributed by atoms with van der Waals surface area (Å²) in [6, 6.07) is 12.9. The number of benzene rings is 2. The Bertz CT molecular complexity index is 717. The van der Waals surface area contributed by atoms with Crippen LogP contribution in [0.3, 0.4) is 0 Å². The Balaban J connectivity index is 1.82. The highest BCUT2D eigenvalue weighted by molar-refractivity contribution is 6.03. The first kappa shape index (κ1) is 15.6. The van der Waals surface area contributed by atoms with Crippen molar-refractivity contribution in [3.05, 3.63) is 58.7 Å². The lowest BCUT2D eigenvalue weighted by Gasteiger charge is -2.20. The number of rotatable bonds is 5. The first-order valence-corrected chi connectivity index (χ1v) is 8.05. The molecule has 1 heterocycles. The number of aryl methyl sites for hydroxylation is 2. The molecule has 3 rings (SSSR count). The van der Waals surface area contributed by atoms with Crippen molar-refractivity contribution in [3.8, 4) is 11.5 Å². The van der Waals surface area contributed by atoms with Crippen LogP contribution in [0.4, 0.5) is 0 Å². The van der Waals surface area contributed by atoms with Crippen LogP contribution in [-0.2, 0) is 12.8 Å². The van der Waals surface area contributed by atoms with E-state index < -0.39 is 0 Å². The molecule has 0 aromatic heterocycles. The average Bonchev–Trinajstić information content (AvgIpc) is 2.60. The maximum Gasteiger partial charge on any atom is 0.161 e. The van der Waals surface area contributed by atoms with Gasteiger partial charge in [0.15, 0.2) is 11.5 Å². The molecule has 0 aliphatic carbocycles. The molecule has 0 N–H and O–H groups in total. The van der Waals surface area contributed by atoms with Gasteiger partial charge in [-0.15, -0.1) is 0 Å². The van der Waals surface area contributed by atoms with Crippen molar-refractivity contribution in [1.82, 2.24) is 0 Å². The van der Waals surface area contributed by atoms with Crippen LogP contribution in [0.2, 0.25) is 0 Å². The Hall–Kier alpha value is -2.29.